The van der Waals surface area contributed by atoms with E-state index in [-0.39, 0.29) is 22.8 Å². The Morgan fingerprint density at radius 1 is 0.971 bits per heavy atom. The number of rotatable bonds is 5. The molecule has 0 saturated heterocycles. The SMILES string of the molecule is COC(=O)[C@H]1[C@@H](c2ccccc2)C2(c3ccc(OC)cc3)Oc3cc(O)cc(OC)c3C2(O)[C@H]1O. The molecule has 35 heavy (non-hydrogen) atoms. The highest BCUT2D eigenvalue weighted by molar-refractivity contribution is 5.78. The number of hydrogen-bond acceptors (Lipinski definition) is 8. The van der Waals surface area contributed by atoms with Crippen LogP contribution >= 0.6 is 0 Å². The molecule has 3 N–H and O–H groups in total. The third-order valence-corrected chi connectivity index (χ3v) is 7.21. The van der Waals surface area contributed by atoms with E-state index in [9.17, 15) is 20.1 Å². The highest BCUT2D eigenvalue weighted by Gasteiger charge is 2.78. The zero-order chi connectivity index (χ0) is 25.0. The minimum atomic E-state index is -2.14. The zero-order valence-electron chi connectivity index (χ0n) is 19.5. The molecule has 8 nitrogen and oxygen atoms in total. The van der Waals surface area contributed by atoms with Crippen LogP contribution < -0.4 is 14.2 Å². The minimum absolute atomic E-state index is 0.120. The molecule has 1 aliphatic heterocycles. The highest BCUT2D eigenvalue weighted by Crippen LogP contribution is 2.70. The summed E-state index contributed by atoms with van der Waals surface area (Å²) in [6, 6.07) is 18.6. The maximum Gasteiger partial charge on any atom is 0.312 e. The fourth-order valence-corrected chi connectivity index (χ4v) is 5.79. The molecule has 5 rings (SSSR count). The van der Waals surface area contributed by atoms with Crippen molar-refractivity contribution in [1.29, 1.82) is 0 Å². The van der Waals surface area contributed by atoms with Gasteiger partial charge in [-0.3, -0.25) is 4.79 Å². The van der Waals surface area contributed by atoms with Crippen LogP contribution in [-0.2, 0) is 20.7 Å². The van der Waals surface area contributed by atoms with E-state index in [1.807, 2.05) is 30.3 Å². The second-order valence-electron chi connectivity index (χ2n) is 8.74. The highest BCUT2D eigenvalue weighted by atomic mass is 16.5. The first kappa shape index (κ1) is 23.0. The maximum atomic E-state index is 13.1. The van der Waals surface area contributed by atoms with E-state index < -0.39 is 35.1 Å². The van der Waals surface area contributed by atoms with Gasteiger partial charge in [-0.25, -0.2) is 0 Å². The van der Waals surface area contributed by atoms with E-state index in [2.05, 4.69) is 0 Å². The lowest BCUT2D eigenvalue weighted by molar-refractivity contribution is -0.161. The molecule has 0 aromatic heterocycles. The van der Waals surface area contributed by atoms with Crippen LogP contribution in [0.4, 0.5) is 0 Å². The van der Waals surface area contributed by atoms with Gasteiger partial charge in [0.2, 0.25) is 0 Å². The summed E-state index contributed by atoms with van der Waals surface area (Å²) >= 11 is 0. The molecule has 3 aromatic rings. The van der Waals surface area contributed by atoms with Gasteiger partial charge in [0.25, 0.3) is 0 Å². The van der Waals surface area contributed by atoms with E-state index in [1.54, 1.807) is 31.4 Å². The number of carbonyl (C=O) groups is 1. The molecule has 3 aromatic carbocycles. The van der Waals surface area contributed by atoms with Crippen LogP contribution in [-0.4, -0.2) is 48.7 Å². The van der Waals surface area contributed by atoms with Crippen LogP contribution in [0.5, 0.6) is 23.0 Å². The van der Waals surface area contributed by atoms with E-state index in [0.717, 1.165) is 0 Å². The van der Waals surface area contributed by atoms with Crippen molar-refractivity contribution in [3.05, 3.63) is 83.4 Å². The number of benzene rings is 3. The molecule has 0 spiro atoms. The lowest BCUT2D eigenvalue weighted by Gasteiger charge is -2.40. The average Bonchev–Trinajstić information content (AvgIpc) is 3.26. The Hall–Kier alpha value is -3.75. The Morgan fingerprint density at radius 2 is 1.66 bits per heavy atom. The molecule has 8 heteroatoms. The van der Waals surface area contributed by atoms with Gasteiger partial charge in [-0.2, -0.15) is 0 Å². The molecule has 0 amide bonds. The number of esters is 1. The molecular formula is C27H26O8. The number of phenolic OH excluding ortho intramolecular Hbond substituents is 1. The number of fused-ring (bicyclic) bond motifs is 3. The van der Waals surface area contributed by atoms with Gasteiger partial charge < -0.3 is 34.3 Å². The lowest BCUT2D eigenvalue weighted by atomic mass is 9.70. The van der Waals surface area contributed by atoms with E-state index in [1.165, 1.54) is 26.4 Å². The van der Waals surface area contributed by atoms with Gasteiger partial charge in [-0.1, -0.05) is 42.5 Å². The van der Waals surface area contributed by atoms with E-state index in [4.69, 9.17) is 18.9 Å². The lowest BCUT2D eigenvalue weighted by Crippen LogP contribution is -2.52. The van der Waals surface area contributed by atoms with Gasteiger partial charge in [0.15, 0.2) is 11.2 Å². The summed E-state index contributed by atoms with van der Waals surface area (Å²) in [5, 5.41) is 34.6. The predicted molar refractivity (Wildman–Crippen MR) is 125 cm³/mol. The molecule has 182 valence electrons. The average molecular weight is 478 g/mol. The largest absolute Gasteiger partial charge is 0.508 e. The monoisotopic (exact) mass is 478 g/mol. The van der Waals surface area contributed by atoms with Crippen LogP contribution in [0.1, 0.15) is 22.6 Å². The molecule has 2 aliphatic rings. The van der Waals surface area contributed by atoms with Gasteiger partial charge >= 0.3 is 5.97 Å². The number of ether oxygens (including phenoxy) is 4. The summed E-state index contributed by atoms with van der Waals surface area (Å²) in [6.45, 7) is 0. The van der Waals surface area contributed by atoms with Crippen molar-refractivity contribution in [2.24, 2.45) is 5.92 Å². The van der Waals surface area contributed by atoms with Gasteiger partial charge in [0.05, 0.1) is 32.8 Å². The van der Waals surface area contributed by atoms with Crippen LogP contribution in [0.25, 0.3) is 0 Å². The van der Waals surface area contributed by atoms with E-state index >= 15 is 0 Å². The van der Waals surface area contributed by atoms with Crippen molar-refractivity contribution < 1.29 is 39.1 Å². The quantitative estimate of drug-likeness (QED) is 0.480. The standard InChI is InChI=1S/C27H26O8/c1-32-18-11-9-16(10-12-18)27-22(15-7-5-4-6-8-15)21(25(30)34-3)24(29)26(27,31)23-19(33-2)13-17(28)14-20(23)35-27/h4-14,21-22,24,28-29,31H,1-3H3/t21-,22+,24-,26?,27?/m0/s1. The molecule has 1 saturated carbocycles. The second-order valence-corrected chi connectivity index (χ2v) is 8.74. The predicted octanol–water partition coefficient (Wildman–Crippen LogP) is 2.83. The summed E-state index contributed by atoms with van der Waals surface area (Å²) in [5.41, 5.74) is -2.52. The van der Waals surface area contributed by atoms with Gasteiger partial charge in [-0.15, -0.1) is 0 Å². The van der Waals surface area contributed by atoms with Crippen molar-refractivity contribution in [1.82, 2.24) is 0 Å². The van der Waals surface area contributed by atoms with Crippen LogP contribution in [0.2, 0.25) is 0 Å². The first-order valence-electron chi connectivity index (χ1n) is 11.1. The first-order chi connectivity index (χ1) is 16.8. The van der Waals surface area contributed by atoms with Crippen molar-refractivity contribution in [2.75, 3.05) is 21.3 Å². The fourth-order valence-electron chi connectivity index (χ4n) is 5.79. The number of hydrogen-bond donors (Lipinski definition) is 3. The molecule has 0 bridgehead atoms. The third kappa shape index (κ3) is 2.96. The minimum Gasteiger partial charge on any atom is -0.508 e. The Bertz CT molecular complexity index is 1260. The Labute approximate surface area is 202 Å². The molecule has 2 unspecified atom stereocenters. The molecule has 1 fully saturated rings. The van der Waals surface area contributed by atoms with Crippen LogP contribution in [0.3, 0.4) is 0 Å². The first-order valence-corrected chi connectivity index (χ1v) is 11.1. The summed E-state index contributed by atoms with van der Waals surface area (Å²) in [6.07, 6.45) is -1.64. The Morgan fingerprint density at radius 3 is 2.26 bits per heavy atom. The number of aromatic hydroxyl groups is 1. The molecule has 1 aliphatic carbocycles. The fraction of sp³-hybridized carbons (Fsp3) is 0.296. The second kappa shape index (κ2) is 8.18. The van der Waals surface area contributed by atoms with Crippen molar-refractivity contribution >= 4 is 5.97 Å². The smallest absolute Gasteiger partial charge is 0.312 e. The zero-order valence-corrected chi connectivity index (χ0v) is 19.5. The Kier molecular flexibility index (Phi) is 5.38. The van der Waals surface area contributed by atoms with Crippen LogP contribution in [0.15, 0.2) is 66.7 Å². The summed E-state index contributed by atoms with van der Waals surface area (Å²) in [4.78, 5) is 13.1. The molecule has 1 heterocycles. The van der Waals surface area contributed by atoms with Gasteiger partial charge in [-0.05, 0) is 23.3 Å². The van der Waals surface area contributed by atoms with Gasteiger partial charge in [0.1, 0.15) is 29.1 Å². The molecular weight excluding hydrogens is 452 g/mol. The molecule has 5 atom stereocenters. The number of phenols is 1. The Balaban J connectivity index is 1.88. The number of aliphatic hydroxyl groups excluding tert-OH is 1. The molecule has 0 radical (unpaired) electrons. The summed E-state index contributed by atoms with van der Waals surface area (Å²) in [7, 11) is 4.17. The van der Waals surface area contributed by atoms with Gasteiger partial charge in [0, 0.05) is 18.1 Å². The summed E-state index contributed by atoms with van der Waals surface area (Å²) in [5.74, 6) is -2.03. The third-order valence-electron chi connectivity index (χ3n) is 7.21. The number of carbonyl (C=O) groups excluding carboxylic acids is 1. The normalized spacial score (nSPS) is 28.5. The van der Waals surface area contributed by atoms with E-state index in [0.29, 0.717) is 16.9 Å². The van der Waals surface area contributed by atoms with Crippen molar-refractivity contribution in [3.8, 4) is 23.0 Å². The van der Waals surface area contributed by atoms with Crippen molar-refractivity contribution in [2.45, 2.75) is 23.2 Å². The van der Waals surface area contributed by atoms with Crippen molar-refractivity contribution in [3.63, 3.8) is 0 Å². The maximum absolute atomic E-state index is 13.1. The van der Waals surface area contributed by atoms with Crippen LogP contribution in [0, 0.1) is 5.92 Å². The summed E-state index contributed by atoms with van der Waals surface area (Å²) < 4.78 is 22.5. The number of methoxy groups -OCH3 is 3. The topological polar surface area (TPSA) is 115 Å². The number of aliphatic hydroxyl groups is 2.